The Kier molecular flexibility index (Phi) is 5.91. The molecular weight excluding hydrogens is 348 g/mol. The lowest BCUT2D eigenvalue weighted by atomic mass is 9.90. The van der Waals surface area contributed by atoms with Crippen molar-refractivity contribution in [1.82, 2.24) is 9.80 Å². The van der Waals surface area contributed by atoms with Gasteiger partial charge in [0, 0.05) is 49.0 Å². The SMILES string of the molecule is CC(C)C(=O)N1CCC(C(=O)N2C[C@H](c3ccc(Cl)cc3)[C@@H](C)C2)CC1. The van der Waals surface area contributed by atoms with E-state index in [1.807, 2.05) is 35.8 Å². The smallest absolute Gasteiger partial charge is 0.225 e. The van der Waals surface area contributed by atoms with E-state index in [1.54, 1.807) is 0 Å². The van der Waals surface area contributed by atoms with Crippen molar-refractivity contribution in [3.8, 4) is 0 Å². The summed E-state index contributed by atoms with van der Waals surface area (Å²) in [5, 5.41) is 0.745. The summed E-state index contributed by atoms with van der Waals surface area (Å²) < 4.78 is 0. The standard InChI is InChI=1S/C21H29ClN2O2/c1-14(2)20(25)23-10-8-17(9-11-23)21(26)24-12-15(3)19(13-24)16-4-6-18(22)7-5-16/h4-7,14-15,17,19H,8-13H2,1-3H3/t15-,19-/m0/s1. The molecule has 0 aromatic heterocycles. The zero-order valence-corrected chi connectivity index (χ0v) is 16.7. The number of carbonyl (C=O) groups is 2. The van der Waals surface area contributed by atoms with E-state index >= 15 is 0 Å². The van der Waals surface area contributed by atoms with Crippen LogP contribution in [0, 0.1) is 17.8 Å². The number of likely N-dealkylation sites (tertiary alicyclic amines) is 2. The molecule has 2 amide bonds. The first-order chi connectivity index (χ1) is 12.4. The lowest BCUT2D eigenvalue weighted by molar-refractivity contribution is -0.141. The van der Waals surface area contributed by atoms with Crippen LogP contribution >= 0.6 is 11.6 Å². The molecule has 142 valence electrons. The fourth-order valence-electron chi connectivity index (χ4n) is 4.26. The highest BCUT2D eigenvalue weighted by Crippen LogP contribution is 2.34. The van der Waals surface area contributed by atoms with Crippen molar-refractivity contribution in [3.63, 3.8) is 0 Å². The first kappa shape index (κ1) is 19.2. The first-order valence-corrected chi connectivity index (χ1v) is 10.1. The van der Waals surface area contributed by atoms with Crippen LogP contribution in [-0.2, 0) is 9.59 Å². The van der Waals surface area contributed by atoms with Crippen LogP contribution < -0.4 is 0 Å². The molecule has 0 N–H and O–H groups in total. The fraction of sp³-hybridized carbons (Fsp3) is 0.619. The van der Waals surface area contributed by atoms with E-state index in [1.165, 1.54) is 5.56 Å². The molecular formula is C21H29ClN2O2. The molecule has 0 bridgehead atoms. The summed E-state index contributed by atoms with van der Waals surface area (Å²) in [5.74, 6) is 1.38. The van der Waals surface area contributed by atoms with Crippen molar-refractivity contribution in [2.45, 2.75) is 39.5 Å². The van der Waals surface area contributed by atoms with E-state index in [2.05, 4.69) is 19.1 Å². The van der Waals surface area contributed by atoms with Gasteiger partial charge < -0.3 is 9.80 Å². The highest BCUT2D eigenvalue weighted by atomic mass is 35.5. The monoisotopic (exact) mass is 376 g/mol. The molecule has 2 heterocycles. The van der Waals surface area contributed by atoms with Crippen LogP contribution in [-0.4, -0.2) is 47.8 Å². The molecule has 0 saturated carbocycles. The van der Waals surface area contributed by atoms with Crippen LogP contribution in [0.1, 0.15) is 45.1 Å². The van der Waals surface area contributed by atoms with Gasteiger partial charge >= 0.3 is 0 Å². The van der Waals surface area contributed by atoms with Crippen LogP contribution in [0.4, 0.5) is 0 Å². The van der Waals surface area contributed by atoms with Gasteiger partial charge in [0.05, 0.1) is 0 Å². The zero-order valence-electron chi connectivity index (χ0n) is 16.0. The van der Waals surface area contributed by atoms with E-state index < -0.39 is 0 Å². The molecule has 2 fully saturated rings. The van der Waals surface area contributed by atoms with Crippen molar-refractivity contribution >= 4 is 23.4 Å². The molecule has 3 rings (SSSR count). The van der Waals surface area contributed by atoms with Gasteiger partial charge in [0.2, 0.25) is 11.8 Å². The number of halogens is 1. The minimum atomic E-state index is 0.0295. The molecule has 0 radical (unpaired) electrons. The van der Waals surface area contributed by atoms with E-state index in [-0.39, 0.29) is 23.7 Å². The number of benzene rings is 1. The van der Waals surface area contributed by atoms with Crippen LogP contribution in [0.3, 0.4) is 0 Å². The summed E-state index contributed by atoms with van der Waals surface area (Å²) in [5.41, 5.74) is 1.26. The highest BCUT2D eigenvalue weighted by Gasteiger charge is 2.37. The Morgan fingerprint density at radius 1 is 1.04 bits per heavy atom. The number of hydrogen-bond donors (Lipinski definition) is 0. The second-order valence-electron chi connectivity index (χ2n) is 8.13. The fourth-order valence-corrected chi connectivity index (χ4v) is 4.39. The van der Waals surface area contributed by atoms with Gasteiger partial charge in [0.15, 0.2) is 0 Å². The van der Waals surface area contributed by atoms with Gasteiger partial charge in [-0.05, 0) is 36.5 Å². The van der Waals surface area contributed by atoms with Crippen LogP contribution in [0.25, 0.3) is 0 Å². The van der Waals surface area contributed by atoms with Crippen LogP contribution in [0.2, 0.25) is 5.02 Å². The summed E-state index contributed by atoms with van der Waals surface area (Å²) >= 11 is 6.00. The minimum absolute atomic E-state index is 0.0295. The van der Waals surface area contributed by atoms with Gasteiger partial charge in [-0.2, -0.15) is 0 Å². The van der Waals surface area contributed by atoms with Gasteiger partial charge in [-0.15, -0.1) is 0 Å². The molecule has 0 spiro atoms. The van der Waals surface area contributed by atoms with Crippen LogP contribution in [0.15, 0.2) is 24.3 Å². The Morgan fingerprint density at radius 3 is 2.23 bits per heavy atom. The van der Waals surface area contributed by atoms with Crippen molar-refractivity contribution in [1.29, 1.82) is 0 Å². The van der Waals surface area contributed by atoms with E-state index in [9.17, 15) is 9.59 Å². The Balaban J connectivity index is 1.58. The summed E-state index contributed by atoms with van der Waals surface area (Å²) in [7, 11) is 0. The second kappa shape index (κ2) is 7.99. The van der Waals surface area contributed by atoms with Crippen molar-refractivity contribution in [3.05, 3.63) is 34.9 Å². The number of carbonyl (C=O) groups excluding carboxylic acids is 2. The van der Waals surface area contributed by atoms with Gasteiger partial charge in [0.1, 0.15) is 0 Å². The number of piperidine rings is 1. The van der Waals surface area contributed by atoms with Gasteiger partial charge in [-0.25, -0.2) is 0 Å². The minimum Gasteiger partial charge on any atom is -0.342 e. The van der Waals surface area contributed by atoms with Crippen molar-refractivity contribution in [2.75, 3.05) is 26.2 Å². The highest BCUT2D eigenvalue weighted by molar-refractivity contribution is 6.30. The molecule has 0 aliphatic carbocycles. The van der Waals surface area contributed by atoms with E-state index in [4.69, 9.17) is 11.6 Å². The average molecular weight is 377 g/mol. The number of rotatable bonds is 3. The third-order valence-corrected chi connectivity index (χ3v) is 6.12. The molecule has 5 heteroatoms. The van der Waals surface area contributed by atoms with E-state index in [0.717, 1.165) is 31.0 Å². The van der Waals surface area contributed by atoms with Crippen molar-refractivity contribution in [2.24, 2.45) is 17.8 Å². The molecule has 4 nitrogen and oxygen atoms in total. The topological polar surface area (TPSA) is 40.6 Å². The summed E-state index contributed by atoms with van der Waals surface area (Å²) in [6.45, 7) is 9.10. The lowest BCUT2D eigenvalue weighted by Gasteiger charge is -2.34. The van der Waals surface area contributed by atoms with E-state index in [0.29, 0.717) is 24.9 Å². The molecule has 2 atom stereocenters. The Morgan fingerprint density at radius 2 is 1.65 bits per heavy atom. The number of nitrogens with zero attached hydrogens (tertiary/aromatic N) is 2. The van der Waals surface area contributed by atoms with Gasteiger partial charge in [-0.3, -0.25) is 9.59 Å². The molecule has 26 heavy (non-hydrogen) atoms. The number of amides is 2. The normalized spacial score (nSPS) is 24.3. The van der Waals surface area contributed by atoms with Crippen molar-refractivity contribution < 1.29 is 9.59 Å². The molecule has 2 aliphatic heterocycles. The Bertz CT molecular complexity index is 650. The third kappa shape index (κ3) is 4.06. The van der Waals surface area contributed by atoms with Gasteiger partial charge in [0.25, 0.3) is 0 Å². The maximum Gasteiger partial charge on any atom is 0.225 e. The van der Waals surface area contributed by atoms with Gasteiger partial charge in [-0.1, -0.05) is 44.5 Å². The number of hydrogen-bond acceptors (Lipinski definition) is 2. The summed E-state index contributed by atoms with van der Waals surface area (Å²) in [4.78, 5) is 29.1. The molecule has 2 saturated heterocycles. The summed E-state index contributed by atoms with van der Waals surface area (Å²) in [6, 6.07) is 8.01. The Hall–Kier alpha value is -1.55. The largest absolute Gasteiger partial charge is 0.342 e. The maximum atomic E-state index is 13.0. The molecule has 0 unspecified atom stereocenters. The first-order valence-electron chi connectivity index (χ1n) is 9.70. The molecule has 1 aromatic carbocycles. The average Bonchev–Trinajstić information content (AvgIpc) is 3.03. The predicted molar refractivity (Wildman–Crippen MR) is 104 cm³/mol. The maximum absolute atomic E-state index is 13.0. The lowest BCUT2D eigenvalue weighted by Crippen LogP contribution is -2.45. The Labute approximate surface area is 161 Å². The predicted octanol–water partition coefficient (Wildman–Crippen LogP) is 3.80. The molecule has 2 aliphatic rings. The van der Waals surface area contributed by atoms with Crippen LogP contribution in [0.5, 0.6) is 0 Å². The zero-order chi connectivity index (χ0) is 18.8. The second-order valence-corrected chi connectivity index (χ2v) is 8.57. The summed E-state index contributed by atoms with van der Waals surface area (Å²) in [6.07, 6.45) is 1.57. The molecule has 1 aromatic rings. The quantitative estimate of drug-likeness (QED) is 0.805. The third-order valence-electron chi connectivity index (χ3n) is 5.87.